The maximum Gasteiger partial charge on any atom is 0.306 e. The Kier molecular flexibility index (Phi) is 5.70. The number of carboxylic acids is 1. The highest BCUT2D eigenvalue weighted by Gasteiger charge is 2.26. The molecule has 0 atom stereocenters. The SMILES string of the molecule is Cc1cc(Br)ccc1SCC(=O)N1CCC(C(=O)O)CC1. The van der Waals surface area contributed by atoms with Crippen LogP contribution in [0.2, 0.25) is 0 Å². The molecule has 1 amide bonds. The summed E-state index contributed by atoms with van der Waals surface area (Å²) in [6.45, 7) is 3.13. The molecule has 114 valence electrons. The number of benzene rings is 1. The van der Waals surface area contributed by atoms with Gasteiger partial charge in [0.05, 0.1) is 11.7 Å². The Morgan fingerprint density at radius 2 is 2.05 bits per heavy atom. The number of likely N-dealkylation sites (tertiary alicyclic amines) is 1. The highest BCUT2D eigenvalue weighted by molar-refractivity contribution is 9.10. The van der Waals surface area contributed by atoms with Crippen molar-refractivity contribution < 1.29 is 14.7 Å². The standard InChI is InChI=1S/C15H18BrNO3S/c1-10-8-12(16)2-3-13(10)21-9-14(18)17-6-4-11(5-7-17)15(19)20/h2-3,8,11H,4-7,9H2,1H3,(H,19,20). The molecule has 6 heteroatoms. The first kappa shape index (κ1) is 16.4. The fraction of sp³-hybridized carbons (Fsp3) is 0.467. The van der Waals surface area contributed by atoms with Gasteiger partial charge in [0, 0.05) is 22.5 Å². The van der Waals surface area contributed by atoms with Gasteiger partial charge in [-0.05, 0) is 43.5 Å². The van der Waals surface area contributed by atoms with E-state index in [0.717, 1.165) is 14.9 Å². The lowest BCUT2D eigenvalue weighted by Gasteiger charge is -2.30. The van der Waals surface area contributed by atoms with Gasteiger partial charge in [0.1, 0.15) is 0 Å². The van der Waals surface area contributed by atoms with Gasteiger partial charge in [-0.3, -0.25) is 9.59 Å². The molecule has 0 unspecified atom stereocenters. The van der Waals surface area contributed by atoms with Crippen molar-refractivity contribution in [3.63, 3.8) is 0 Å². The van der Waals surface area contributed by atoms with Gasteiger partial charge in [-0.25, -0.2) is 0 Å². The number of halogens is 1. The predicted molar refractivity (Wildman–Crippen MR) is 86.5 cm³/mol. The molecule has 0 aromatic heterocycles. The first-order valence-electron chi connectivity index (χ1n) is 6.87. The van der Waals surface area contributed by atoms with Crippen molar-refractivity contribution in [3.8, 4) is 0 Å². The van der Waals surface area contributed by atoms with E-state index in [1.165, 1.54) is 11.8 Å². The third-order valence-corrected chi connectivity index (χ3v) is 5.34. The van der Waals surface area contributed by atoms with Gasteiger partial charge in [0.2, 0.25) is 5.91 Å². The molecule has 1 heterocycles. The molecule has 0 bridgehead atoms. The molecular formula is C15H18BrNO3S. The molecule has 21 heavy (non-hydrogen) atoms. The number of carboxylic acid groups (broad SMARTS) is 1. The summed E-state index contributed by atoms with van der Waals surface area (Å²) >= 11 is 4.96. The van der Waals surface area contributed by atoms with Gasteiger partial charge in [-0.2, -0.15) is 0 Å². The summed E-state index contributed by atoms with van der Waals surface area (Å²) < 4.78 is 1.03. The van der Waals surface area contributed by atoms with Gasteiger partial charge in [0.15, 0.2) is 0 Å². The highest BCUT2D eigenvalue weighted by Crippen LogP contribution is 2.26. The minimum Gasteiger partial charge on any atom is -0.481 e. The van der Waals surface area contributed by atoms with Crippen LogP contribution in [-0.4, -0.2) is 40.7 Å². The van der Waals surface area contributed by atoms with Crippen LogP contribution in [0.1, 0.15) is 18.4 Å². The van der Waals surface area contributed by atoms with Gasteiger partial charge >= 0.3 is 5.97 Å². The fourth-order valence-corrected chi connectivity index (χ4v) is 3.77. The topological polar surface area (TPSA) is 57.6 Å². The second-order valence-corrected chi connectivity index (χ2v) is 7.12. The largest absolute Gasteiger partial charge is 0.481 e. The monoisotopic (exact) mass is 371 g/mol. The second-order valence-electron chi connectivity index (χ2n) is 5.19. The molecule has 0 aliphatic carbocycles. The van der Waals surface area contributed by atoms with E-state index in [-0.39, 0.29) is 11.8 Å². The van der Waals surface area contributed by atoms with Crippen molar-refractivity contribution in [1.29, 1.82) is 0 Å². The number of hydrogen-bond donors (Lipinski definition) is 1. The van der Waals surface area contributed by atoms with E-state index in [4.69, 9.17) is 5.11 Å². The average Bonchev–Trinajstić information content (AvgIpc) is 2.46. The molecular weight excluding hydrogens is 354 g/mol. The lowest BCUT2D eigenvalue weighted by Crippen LogP contribution is -2.41. The first-order chi connectivity index (χ1) is 9.97. The number of hydrogen-bond acceptors (Lipinski definition) is 3. The van der Waals surface area contributed by atoms with E-state index in [1.807, 2.05) is 25.1 Å². The normalized spacial score (nSPS) is 16.0. The summed E-state index contributed by atoms with van der Waals surface area (Å²) in [7, 11) is 0. The third-order valence-electron chi connectivity index (χ3n) is 3.69. The summed E-state index contributed by atoms with van der Waals surface area (Å²) in [4.78, 5) is 26.0. The van der Waals surface area contributed by atoms with Gasteiger partial charge in [0.25, 0.3) is 0 Å². The maximum absolute atomic E-state index is 12.2. The van der Waals surface area contributed by atoms with Crippen molar-refractivity contribution in [2.75, 3.05) is 18.8 Å². The smallest absolute Gasteiger partial charge is 0.306 e. The van der Waals surface area contributed by atoms with Crippen molar-refractivity contribution in [2.24, 2.45) is 5.92 Å². The fourth-order valence-electron chi connectivity index (χ4n) is 2.38. The molecule has 0 radical (unpaired) electrons. The van der Waals surface area contributed by atoms with E-state index >= 15 is 0 Å². The van der Waals surface area contributed by atoms with Crippen LogP contribution in [0.3, 0.4) is 0 Å². The molecule has 1 aliphatic heterocycles. The number of carbonyl (C=O) groups excluding carboxylic acids is 1. The number of piperidine rings is 1. The zero-order valence-corrected chi connectivity index (χ0v) is 14.2. The third kappa shape index (κ3) is 4.48. The lowest BCUT2D eigenvalue weighted by atomic mass is 9.97. The Labute approximate surface area is 137 Å². The molecule has 1 aliphatic rings. The number of aryl methyl sites for hydroxylation is 1. The van der Waals surface area contributed by atoms with Crippen LogP contribution in [0.25, 0.3) is 0 Å². The Hall–Kier alpha value is -1.01. The highest BCUT2D eigenvalue weighted by atomic mass is 79.9. The van der Waals surface area contributed by atoms with Gasteiger partial charge in [-0.1, -0.05) is 15.9 Å². The Morgan fingerprint density at radius 3 is 2.62 bits per heavy atom. The van der Waals surface area contributed by atoms with Crippen LogP contribution in [0.5, 0.6) is 0 Å². The van der Waals surface area contributed by atoms with E-state index in [2.05, 4.69) is 15.9 Å². The van der Waals surface area contributed by atoms with Crippen molar-refractivity contribution in [2.45, 2.75) is 24.7 Å². The van der Waals surface area contributed by atoms with Crippen LogP contribution in [-0.2, 0) is 9.59 Å². The molecule has 0 spiro atoms. The molecule has 1 saturated heterocycles. The van der Waals surface area contributed by atoms with E-state index in [0.29, 0.717) is 31.7 Å². The summed E-state index contributed by atoms with van der Waals surface area (Å²) in [5.41, 5.74) is 1.15. The zero-order chi connectivity index (χ0) is 15.4. The molecule has 1 fully saturated rings. The number of thioether (sulfide) groups is 1. The Balaban J connectivity index is 1.84. The Morgan fingerprint density at radius 1 is 1.38 bits per heavy atom. The van der Waals surface area contributed by atoms with Crippen molar-refractivity contribution >= 4 is 39.6 Å². The summed E-state index contributed by atoms with van der Waals surface area (Å²) in [6, 6.07) is 6.01. The summed E-state index contributed by atoms with van der Waals surface area (Å²) in [5, 5.41) is 8.96. The molecule has 1 N–H and O–H groups in total. The molecule has 1 aromatic carbocycles. The second kappa shape index (κ2) is 7.31. The maximum atomic E-state index is 12.2. The lowest BCUT2D eigenvalue weighted by molar-refractivity contribution is -0.145. The first-order valence-corrected chi connectivity index (χ1v) is 8.65. The van der Waals surface area contributed by atoms with Gasteiger partial charge in [-0.15, -0.1) is 11.8 Å². The number of rotatable bonds is 4. The van der Waals surface area contributed by atoms with Crippen molar-refractivity contribution in [3.05, 3.63) is 28.2 Å². The van der Waals surface area contributed by atoms with E-state index < -0.39 is 5.97 Å². The number of nitrogens with zero attached hydrogens (tertiary/aromatic N) is 1. The Bertz CT molecular complexity index is 542. The molecule has 4 nitrogen and oxygen atoms in total. The summed E-state index contributed by atoms with van der Waals surface area (Å²) in [6.07, 6.45) is 1.12. The zero-order valence-electron chi connectivity index (χ0n) is 11.8. The quantitative estimate of drug-likeness (QED) is 0.825. The van der Waals surface area contributed by atoms with E-state index in [1.54, 1.807) is 4.90 Å². The minimum atomic E-state index is -0.748. The number of aliphatic carboxylic acids is 1. The van der Waals surface area contributed by atoms with E-state index in [9.17, 15) is 9.59 Å². The molecule has 0 saturated carbocycles. The van der Waals surface area contributed by atoms with Crippen LogP contribution in [0, 0.1) is 12.8 Å². The number of amides is 1. The molecule has 2 rings (SSSR count). The minimum absolute atomic E-state index is 0.0890. The number of carbonyl (C=O) groups is 2. The van der Waals surface area contributed by atoms with Gasteiger partial charge < -0.3 is 10.0 Å². The van der Waals surface area contributed by atoms with Crippen LogP contribution in [0.4, 0.5) is 0 Å². The predicted octanol–water partition coefficient (Wildman–Crippen LogP) is 3.17. The van der Waals surface area contributed by atoms with Crippen LogP contribution in [0.15, 0.2) is 27.6 Å². The average molecular weight is 372 g/mol. The summed E-state index contributed by atoms with van der Waals surface area (Å²) in [5.74, 6) is -0.552. The van der Waals surface area contributed by atoms with Crippen molar-refractivity contribution in [1.82, 2.24) is 4.90 Å². The molecule has 1 aromatic rings. The van der Waals surface area contributed by atoms with Crippen LogP contribution < -0.4 is 0 Å². The van der Waals surface area contributed by atoms with Crippen LogP contribution >= 0.6 is 27.7 Å².